The van der Waals surface area contributed by atoms with Gasteiger partial charge in [-0.15, -0.1) is 0 Å². The fraction of sp³-hybridized carbons (Fsp3) is 0.348. The Kier molecular flexibility index (Phi) is 7.56. The Morgan fingerprint density at radius 3 is 2.67 bits per heavy atom. The number of aromatic nitrogens is 1. The zero-order valence-electron chi connectivity index (χ0n) is 16.8. The van der Waals surface area contributed by atoms with Gasteiger partial charge in [0.1, 0.15) is 0 Å². The van der Waals surface area contributed by atoms with Gasteiger partial charge in [-0.25, -0.2) is 0 Å². The lowest BCUT2D eigenvalue weighted by atomic mass is 10.1. The average Bonchev–Trinajstić information content (AvgIpc) is 2.70. The first kappa shape index (κ1) is 22.4. The Morgan fingerprint density at radius 2 is 1.90 bits per heavy atom. The Morgan fingerprint density at radius 1 is 1.07 bits per heavy atom. The highest BCUT2D eigenvalue weighted by Crippen LogP contribution is 2.30. The van der Waals surface area contributed by atoms with E-state index in [1.807, 2.05) is 24.3 Å². The number of hydrogen-bond acceptors (Lipinski definition) is 3. The van der Waals surface area contributed by atoms with Gasteiger partial charge in [0, 0.05) is 41.9 Å². The third-order valence-corrected chi connectivity index (χ3v) is 5.11. The van der Waals surface area contributed by atoms with E-state index in [4.69, 9.17) is 11.6 Å². The number of hydrogen-bond donors (Lipinski definition) is 1. The molecular formula is C23H25ClF3N3. The van der Waals surface area contributed by atoms with E-state index in [0.29, 0.717) is 17.1 Å². The molecule has 0 bridgehead atoms. The predicted molar refractivity (Wildman–Crippen MR) is 117 cm³/mol. The second-order valence-electron chi connectivity index (χ2n) is 7.27. The van der Waals surface area contributed by atoms with Gasteiger partial charge in [0.15, 0.2) is 0 Å². The van der Waals surface area contributed by atoms with Crippen LogP contribution in [0.15, 0.2) is 54.7 Å². The molecule has 3 aromatic rings. The molecule has 7 heteroatoms. The number of halogens is 4. The number of pyridine rings is 1. The molecule has 0 saturated heterocycles. The summed E-state index contributed by atoms with van der Waals surface area (Å²) in [6.45, 7) is 4.98. The molecule has 0 aliphatic rings. The fourth-order valence-electron chi connectivity index (χ4n) is 3.49. The lowest BCUT2D eigenvalue weighted by molar-refractivity contribution is -0.137. The monoisotopic (exact) mass is 435 g/mol. The van der Waals surface area contributed by atoms with Crippen molar-refractivity contribution in [2.75, 3.05) is 25.0 Å². The first-order valence-corrected chi connectivity index (χ1v) is 10.4. The number of benzene rings is 2. The molecule has 3 rings (SSSR count). The van der Waals surface area contributed by atoms with Gasteiger partial charge in [-0.2, -0.15) is 13.2 Å². The van der Waals surface area contributed by atoms with Crippen molar-refractivity contribution in [3.63, 3.8) is 0 Å². The summed E-state index contributed by atoms with van der Waals surface area (Å²) in [6, 6.07) is 13.1. The molecular weight excluding hydrogens is 411 g/mol. The second-order valence-corrected chi connectivity index (χ2v) is 7.71. The van der Waals surface area contributed by atoms with E-state index in [2.05, 4.69) is 22.1 Å². The Labute approximate surface area is 179 Å². The normalized spacial score (nSPS) is 11.9. The van der Waals surface area contributed by atoms with Gasteiger partial charge in [0.05, 0.1) is 11.1 Å². The first-order valence-electron chi connectivity index (χ1n) is 10.0. The maximum absolute atomic E-state index is 13.0. The Hall–Kier alpha value is -2.31. The molecule has 2 aromatic carbocycles. The van der Waals surface area contributed by atoms with E-state index >= 15 is 0 Å². The lowest BCUT2D eigenvalue weighted by Crippen LogP contribution is -2.27. The number of fused-ring (bicyclic) bond motifs is 1. The maximum atomic E-state index is 13.0. The Bertz CT molecular complexity index is 975. The van der Waals surface area contributed by atoms with Crippen LogP contribution in [-0.4, -0.2) is 29.5 Å². The van der Waals surface area contributed by atoms with Crippen molar-refractivity contribution < 1.29 is 13.2 Å². The molecule has 160 valence electrons. The largest absolute Gasteiger partial charge is 0.416 e. The van der Waals surface area contributed by atoms with Gasteiger partial charge in [-0.1, -0.05) is 36.7 Å². The van der Waals surface area contributed by atoms with Gasteiger partial charge in [0.2, 0.25) is 0 Å². The summed E-state index contributed by atoms with van der Waals surface area (Å²) in [7, 11) is 0. The molecule has 0 aliphatic carbocycles. The summed E-state index contributed by atoms with van der Waals surface area (Å²) in [6.07, 6.45) is -0.746. The molecule has 1 N–H and O–H groups in total. The summed E-state index contributed by atoms with van der Waals surface area (Å²) >= 11 is 6.04. The first-order chi connectivity index (χ1) is 14.4. The topological polar surface area (TPSA) is 28.2 Å². The summed E-state index contributed by atoms with van der Waals surface area (Å²) in [5, 5.41) is 5.10. The van der Waals surface area contributed by atoms with Crippen LogP contribution < -0.4 is 5.32 Å². The summed E-state index contributed by atoms with van der Waals surface area (Å²) in [5.74, 6) is 0. The lowest BCUT2D eigenvalue weighted by Gasteiger charge is -2.22. The Balaban J connectivity index is 1.57. The highest BCUT2D eigenvalue weighted by Gasteiger charge is 2.30. The quantitative estimate of drug-likeness (QED) is 0.383. The summed E-state index contributed by atoms with van der Waals surface area (Å²) < 4.78 is 38.9. The molecule has 0 unspecified atom stereocenters. The van der Waals surface area contributed by atoms with Gasteiger partial charge < -0.3 is 5.32 Å². The standard InChI is InChI=1S/C23H25ClF3N3/c1-2-12-30(16-17-5-3-6-18(14-17)23(25,26)27)13-4-10-28-21-9-11-29-22-15-19(24)7-8-20(21)22/h3,5-9,11,14-15H,2,4,10,12-13,16H2,1H3,(H,28,29). The molecule has 0 spiro atoms. The van der Waals surface area contributed by atoms with Crippen molar-refractivity contribution in [2.24, 2.45) is 0 Å². The van der Waals surface area contributed by atoms with E-state index in [-0.39, 0.29) is 0 Å². The smallest absolute Gasteiger partial charge is 0.384 e. The van der Waals surface area contributed by atoms with Crippen LogP contribution in [0.3, 0.4) is 0 Å². The minimum atomic E-state index is -4.31. The summed E-state index contributed by atoms with van der Waals surface area (Å²) in [5.41, 5.74) is 1.92. The number of rotatable bonds is 9. The van der Waals surface area contributed by atoms with Crippen LogP contribution in [0.2, 0.25) is 5.02 Å². The van der Waals surface area contributed by atoms with Crippen molar-refractivity contribution in [1.29, 1.82) is 0 Å². The van der Waals surface area contributed by atoms with Crippen LogP contribution in [-0.2, 0) is 12.7 Å². The van der Waals surface area contributed by atoms with Crippen LogP contribution in [0.1, 0.15) is 30.9 Å². The maximum Gasteiger partial charge on any atom is 0.416 e. The SMILES string of the molecule is CCCN(CCCNc1ccnc2cc(Cl)ccc12)Cc1cccc(C(F)(F)F)c1. The molecule has 0 atom stereocenters. The van der Waals surface area contributed by atoms with E-state index in [0.717, 1.165) is 55.1 Å². The highest BCUT2D eigenvalue weighted by atomic mass is 35.5. The average molecular weight is 436 g/mol. The highest BCUT2D eigenvalue weighted by molar-refractivity contribution is 6.31. The molecule has 1 heterocycles. The third-order valence-electron chi connectivity index (χ3n) is 4.87. The minimum Gasteiger partial charge on any atom is -0.384 e. The summed E-state index contributed by atoms with van der Waals surface area (Å²) in [4.78, 5) is 6.54. The van der Waals surface area contributed by atoms with Crippen molar-refractivity contribution in [1.82, 2.24) is 9.88 Å². The number of alkyl halides is 3. The molecule has 30 heavy (non-hydrogen) atoms. The predicted octanol–water partition coefficient (Wildman–Crippen LogP) is 6.62. The fourth-order valence-corrected chi connectivity index (χ4v) is 3.66. The van der Waals surface area contributed by atoms with Crippen LogP contribution in [0, 0.1) is 0 Å². The zero-order chi connectivity index (χ0) is 21.6. The van der Waals surface area contributed by atoms with E-state index in [9.17, 15) is 13.2 Å². The van der Waals surface area contributed by atoms with Crippen LogP contribution >= 0.6 is 11.6 Å². The second kappa shape index (κ2) is 10.1. The van der Waals surface area contributed by atoms with Crippen LogP contribution in [0.5, 0.6) is 0 Å². The van der Waals surface area contributed by atoms with Gasteiger partial charge in [-0.05, 0) is 55.3 Å². The van der Waals surface area contributed by atoms with Crippen molar-refractivity contribution in [3.8, 4) is 0 Å². The number of nitrogens with one attached hydrogen (secondary N) is 1. The minimum absolute atomic E-state index is 0.508. The molecule has 0 saturated carbocycles. The number of anilines is 1. The van der Waals surface area contributed by atoms with Crippen molar-refractivity contribution in [3.05, 3.63) is 70.9 Å². The molecule has 3 nitrogen and oxygen atoms in total. The molecule has 0 aliphatic heterocycles. The van der Waals surface area contributed by atoms with Crippen molar-refractivity contribution in [2.45, 2.75) is 32.5 Å². The van der Waals surface area contributed by atoms with E-state index in [1.165, 1.54) is 12.1 Å². The van der Waals surface area contributed by atoms with Crippen LogP contribution in [0.4, 0.5) is 18.9 Å². The van der Waals surface area contributed by atoms with Gasteiger partial charge >= 0.3 is 6.18 Å². The van der Waals surface area contributed by atoms with E-state index < -0.39 is 11.7 Å². The molecule has 0 radical (unpaired) electrons. The van der Waals surface area contributed by atoms with E-state index in [1.54, 1.807) is 12.3 Å². The molecule has 0 fully saturated rings. The van der Waals surface area contributed by atoms with Gasteiger partial charge in [-0.3, -0.25) is 9.88 Å². The van der Waals surface area contributed by atoms with Gasteiger partial charge in [0.25, 0.3) is 0 Å². The van der Waals surface area contributed by atoms with Crippen LogP contribution in [0.25, 0.3) is 10.9 Å². The number of nitrogens with zero attached hydrogens (tertiary/aromatic N) is 2. The molecule has 0 amide bonds. The zero-order valence-corrected chi connectivity index (χ0v) is 17.6. The molecule has 1 aromatic heterocycles. The third kappa shape index (κ3) is 6.09. The van der Waals surface area contributed by atoms with Crippen molar-refractivity contribution >= 4 is 28.2 Å².